The van der Waals surface area contributed by atoms with Crippen molar-refractivity contribution in [3.63, 3.8) is 0 Å². The molecule has 112 valence electrons. The molecule has 0 aliphatic carbocycles. The summed E-state index contributed by atoms with van der Waals surface area (Å²) >= 11 is 0. The summed E-state index contributed by atoms with van der Waals surface area (Å²) in [4.78, 5) is 12.5. The van der Waals surface area contributed by atoms with E-state index >= 15 is 0 Å². The molecule has 1 unspecified atom stereocenters. The minimum absolute atomic E-state index is 0.0162. The molecular weight excluding hydrogens is 252 g/mol. The van der Waals surface area contributed by atoms with Crippen LogP contribution in [0.4, 0.5) is 5.69 Å². The quantitative estimate of drug-likeness (QED) is 0.806. The number of benzene rings is 1. The Morgan fingerprint density at radius 2 is 2.05 bits per heavy atom. The van der Waals surface area contributed by atoms with Crippen molar-refractivity contribution in [3.8, 4) is 0 Å². The van der Waals surface area contributed by atoms with Gasteiger partial charge in [0, 0.05) is 19.3 Å². The molecule has 4 nitrogen and oxygen atoms in total. The first-order valence-electron chi connectivity index (χ1n) is 7.13. The molecule has 0 bridgehead atoms. The zero-order valence-electron chi connectivity index (χ0n) is 13.1. The van der Waals surface area contributed by atoms with Crippen LogP contribution in [0, 0.1) is 12.8 Å². The maximum atomic E-state index is 12.5. The number of hydrogen-bond acceptors (Lipinski definition) is 3. The second-order valence-corrected chi connectivity index (χ2v) is 5.36. The smallest absolute Gasteiger partial charge is 0.253 e. The first kappa shape index (κ1) is 16.5. The van der Waals surface area contributed by atoms with Crippen molar-refractivity contribution in [1.82, 2.24) is 5.32 Å². The Bertz CT molecular complexity index is 444. The fourth-order valence-electron chi connectivity index (χ4n) is 2.02. The lowest BCUT2D eigenvalue weighted by molar-refractivity contribution is 0.0867. The third-order valence-electron chi connectivity index (χ3n) is 3.25. The van der Waals surface area contributed by atoms with Crippen LogP contribution < -0.4 is 10.6 Å². The molecule has 0 radical (unpaired) electrons. The average Bonchev–Trinajstić information content (AvgIpc) is 2.40. The van der Waals surface area contributed by atoms with Crippen LogP contribution in [-0.2, 0) is 4.74 Å². The van der Waals surface area contributed by atoms with Crippen LogP contribution in [0.3, 0.4) is 0 Å². The second kappa shape index (κ2) is 7.90. The molecule has 0 aliphatic rings. The van der Waals surface area contributed by atoms with Crippen LogP contribution in [0.5, 0.6) is 0 Å². The van der Waals surface area contributed by atoms with Crippen molar-refractivity contribution in [3.05, 3.63) is 29.3 Å². The minimum atomic E-state index is -0.0552. The van der Waals surface area contributed by atoms with Gasteiger partial charge in [-0.3, -0.25) is 4.79 Å². The van der Waals surface area contributed by atoms with Crippen LogP contribution >= 0.6 is 0 Å². The van der Waals surface area contributed by atoms with Gasteiger partial charge in [-0.2, -0.15) is 0 Å². The molecule has 0 fully saturated rings. The second-order valence-electron chi connectivity index (χ2n) is 5.36. The number of anilines is 1. The number of carbonyl (C=O) groups is 1. The average molecular weight is 278 g/mol. The third-order valence-corrected chi connectivity index (χ3v) is 3.25. The van der Waals surface area contributed by atoms with Crippen molar-refractivity contribution in [2.75, 3.05) is 25.6 Å². The summed E-state index contributed by atoms with van der Waals surface area (Å²) in [7, 11) is 1.65. The van der Waals surface area contributed by atoms with Gasteiger partial charge in [0.1, 0.15) is 0 Å². The maximum absolute atomic E-state index is 12.5. The SMILES string of the molecule is CCNc1ccc(C)cc1C(=O)NC(COC)C(C)C. The van der Waals surface area contributed by atoms with Gasteiger partial charge < -0.3 is 15.4 Å². The molecule has 0 saturated carbocycles. The number of rotatable bonds is 7. The topological polar surface area (TPSA) is 50.4 Å². The maximum Gasteiger partial charge on any atom is 0.253 e. The van der Waals surface area contributed by atoms with Gasteiger partial charge in [0.2, 0.25) is 0 Å². The number of aryl methyl sites for hydroxylation is 1. The van der Waals surface area contributed by atoms with E-state index in [1.54, 1.807) is 7.11 Å². The van der Waals surface area contributed by atoms with E-state index in [1.165, 1.54) is 0 Å². The van der Waals surface area contributed by atoms with Gasteiger partial charge in [0.15, 0.2) is 0 Å². The fraction of sp³-hybridized carbons (Fsp3) is 0.562. The highest BCUT2D eigenvalue weighted by atomic mass is 16.5. The lowest BCUT2D eigenvalue weighted by Gasteiger charge is -2.22. The Morgan fingerprint density at radius 1 is 1.35 bits per heavy atom. The summed E-state index contributed by atoms with van der Waals surface area (Å²) in [6.45, 7) is 9.46. The molecule has 1 rings (SSSR count). The highest BCUT2D eigenvalue weighted by molar-refractivity contribution is 6.00. The summed E-state index contributed by atoms with van der Waals surface area (Å²) < 4.78 is 5.17. The molecule has 1 aromatic carbocycles. The van der Waals surface area contributed by atoms with Gasteiger partial charge >= 0.3 is 0 Å². The first-order valence-corrected chi connectivity index (χ1v) is 7.13. The molecule has 0 spiro atoms. The summed E-state index contributed by atoms with van der Waals surface area (Å²) in [5, 5.41) is 6.28. The monoisotopic (exact) mass is 278 g/mol. The molecule has 0 aliphatic heterocycles. The van der Waals surface area contributed by atoms with E-state index in [-0.39, 0.29) is 11.9 Å². The Hall–Kier alpha value is -1.55. The van der Waals surface area contributed by atoms with Crippen molar-refractivity contribution < 1.29 is 9.53 Å². The Labute approximate surface area is 121 Å². The third kappa shape index (κ3) is 4.53. The largest absolute Gasteiger partial charge is 0.385 e. The Morgan fingerprint density at radius 3 is 2.60 bits per heavy atom. The Kier molecular flexibility index (Phi) is 6.52. The summed E-state index contributed by atoms with van der Waals surface area (Å²) in [6.07, 6.45) is 0. The number of nitrogens with one attached hydrogen (secondary N) is 2. The van der Waals surface area contributed by atoms with Crippen molar-refractivity contribution >= 4 is 11.6 Å². The molecule has 0 aromatic heterocycles. The summed E-state index contributed by atoms with van der Waals surface area (Å²) in [6, 6.07) is 5.89. The van der Waals surface area contributed by atoms with Crippen LogP contribution in [0.25, 0.3) is 0 Å². The van der Waals surface area contributed by atoms with Crippen LogP contribution in [0.2, 0.25) is 0 Å². The Balaban J connectivity index is 2.92. The predicted octanol–water partition coefficient (Wildman–Crippen LogP) is 2.83. The minimum Gasteiger partial charge on any atom is -0.385 e. The van der Waals surface area contributed by atoms with E-state index in [4.69, 9.17) is 4.74 Å². The standard InChI is InChI=1S/C16H26N2O2/c1-6-17-14-8-7-12(4)9-13(14)16(19)18-15(10-20-5)11(2)3/h7-9,11,15,17H,6,10H2,1-5H3,(H,18,19). The van der Waals surface area contributed by atoms with E-state index in [0.29, 0.717) is 18.1 Å². The normalized spacial score (nSPS) is 12.3. The number of ether oxygens (including phenoxy) is 1. The van der Waals surface area contributed by atoms with Gasteiger partial charge in [0.25, 0.3) is 5.91 Å². The molecular formula is C16H26N2O2. The van der Waals surface area contributed by atoms with Gasteiger partial charge in [-0.25, -0.2) is 0 Å². The number of amides is 1. The van der Waals surface area contributed by atoms with Gasteiger partial charge in [-0.1, -0.05) is 25.5 Å². The lowest BCUT2D eigenvalue weighted by Crippen LogP contribution is -2.41. The van der Waals surface area contributed by atoms with Crippen molar-refractivity contribution in [1.29, 1.82) is 0 Å². The number of carbonyl (C=O) groups excluding carboxylic acids is 1. The van der Waals surface area contributed by atoms with Gasteiger partial charge in [0.05, 0.1) is 18.2 Å². The lowest BCUT2D eigenvalue weighted by atomic mass is 10.0. The molecule has 2 N–H and O–H groups in total. The summed E-state index contributed by atoms with van der Waals surface area (Å²) in [5.74, 6) is 0.270. The highest BCUT2D eigenvalue weighted by Gasteiger charge is 2.19. The molecule has 0 saturated heterocycles. The van der Waals surface area contributed by atoms with Crippen LogP contribution in [0.1, 0.15) is 36.7 Å². The van der Waals surface area contributed by atoms with Crippen molar-refractivity contribution in [2.45, 2.75) is 33.7 Å². The fourth-order valence-corrected chi connectivity index (χ4v) is 2.02. The molecule has 4 heteroatoms. The van der Waals surface area contributed by atoms with Gasteiger partial charge in [-0.15, -0.1) is 0 Å². The van der Waals surface area contributed by atoms with E-state index in [2.05, 4.69) is 24.5 Å². The number of hydrogen-bond donors (Lipinski definition) is 2. The zero-order chi connectivity index (χ0) is 15.1. The van der Waals surface area contributed by atoms with E-state index in [9.17, 15) is 4.79 Å². The van der Waals surface area contributed by atoms with E-state index in [0.717, 1.165) is 17.8 Å². The number of methoxy groups -OCH3 is 1. The van der Waals surface area contributed by atoms with Gasteiger partial charge in [-0.05, 0) is 31.9 Å². The highest BCUT2D eigenvalue weighted by Crippen LogP contribution is 2.18. The zero-order valence-corrected chi connectivity index (χ0v) is 13.1. The molecule has 1 amide bonds. The predicted molar refractivity (Wildman–Crippen MR) is 83.3 cm³/mol. The molecule has 1 aromatic rings. The molecule has 20 heavy (non-hydrogen) atoms. The van der Waals surface area contributed by atoms with E-state index < -0.39 is 0 Å². The summed E-state index contributed by atoms with van der Waals surface area (Å²) in [5.41, 5.74) is 2.63. The first-order chi connectivity index (χ1) is 9.49. The van der Waals surface area contributed by atoms with Crippen LogP contribution in [-0.4, -0.2) is 32.2 Å². The van der Waals surface area contributed by atoms with E-state index in [1.807, 2.05) is 32.0 Å². The molecule has 0 heterocycles. The van der Waals surface area contributed by atoms with Crippen LogP contribution in [0.15, 0.2) is 18.2 Å². The van der Waals surface area contributed by atoms with Crippen molar-refractivity contribution in [2.24, 2.45) is 5.92 Å². The molecule has 1 atom stereocenters.